The summed E-state index contributed by atoms with van der Waals surface area (Å²) in [5, 5.41) is 43.7. The van der Waals surface area contributed by atoms with Crippen LogP contribution in [0.15, 0.2) is 48.8 Å². The van der Waals surface area contributed by atoms with Crippen molar-refractivity contribution in [3.8, 4) is 0 Å². The Morgan fingerprint density at radius 3 is 2.74 bits per heavy atom. The molecule has 3 aliphatic heterocycles. The monoisotopic (exact) mass is 531 g/mol. The van der Waals surface area contributed by atoms with Crippen molar-refractivity contribution in [3.05, 3.63) is 60.0 Å². The molecule has 1 aromatic heterocycles. The number of aliphatic hydroxyl groups excluding tert-OH is 4. The number of hydrogen-bond donors (Lipinski definition) is 6. The average molecular weight is 532 g/mol. The molecule has 0 spiro atoms. The van der Waals surface area contributed by atoms with Gasteiger partial charge in [0.2, 0.25) is 6.29 Å². The van der Waals surface area contributed by atoms with E-state index in [2.05, 4.69) is 29.0 Å². The molecule has 9 atom stereocenters. The first-order valence-corrected chi connectivity index (χ1v) is 12.8. The number of para-hydroxylation sites is 1. The van der Waals surface area contributed by atoms with Crippen LogP contribution in [0.2, 0.25) is 0 Å². The Labute approximate surface area is 219 Å². The highest BCUT2D eigenvalue weighted by atomic mass is 16.8. The van der Waals surface area contributed by atoms with E-state index in [4.69, 9.17) is 18.9 Å². The first-order valence-electron chi connectivity index (χ1n) is 12.8. The summed E-state index contributed by atoms with van der Waals surface area (Å²) in [5.74, 6) is -1.49. The molecule has 11 heteroatoms. The Hall–Kier alpha value is -2.77. The number of H-pyrrole nitrogens is 1. The van der Waals surface area contributed by atoms with Gasteiger partial charge in [-0.3, -0.25) is 0 Å². The molecule has 0 saturated carbocycles. The SMILES string of the molecule is C=C[C@H]1[C@H](O[C@@H]2O[C@H](CO)[C@@H](O)[C@H](O)[C@H]2O)OC=C(C(=O)OC)[C@H]1C[C@@H]1[NH2+]CCc2c1[nH]c1ccccc21. The zero-order chi connectivity index (χ0) is 27.0. The molecular weight excluding hydrogens is 496 g/mol. The smallest absolute Gasteiger partial charge is 0.337 e. The first kappa shape index (κ1) is 26.8. The molecule has 0 unspecified atom stereocenters. The van der Waals surface area contributed by atoms with Gasteiger partial charge in [-0.25, -0.2) is 4.79 Å². The highest BCUT2D eigenvalue weighted by Crippen LogP contribution is 2.40. The highest BCUT2D eigenvalue weighted by Gasteiger charge is 2.48. The Balaban J connectivity index is 1.43. The van der Waals surface area contributed by atoms with Crippen LogP contribution in [0.3, 0.4) is 0 Å². The molecule has 38 heavy (non-hydrogen) atoms. The molecule has 0 radical (unpaired) electrons. The van der Waals surface area contributed by atoms with E-state index in [-0.39, 0.29) is 6.04 Å². The summed E-state index contributed by atoms with van der Waals surface area (Å²) in [7, 11) is 1.31. The summed E-state index contributed by atoms with van der Waals surface area (Å²) < 4.78 is 22.3. The van der Waals surface area contributed by atoms with Gasteiger partial charge < -0.3 is 49.7 Å². The van der Waals surface area contributed by atoms with Gasteiger partial charge in [0.05, 0.1) is 37.8 Å². The number of benzene rings is 1. The molecule has 4 heterocycles. The second-order valence-corrected chi connectivity index (χ2v) is 10.0. The van der Waals surface area contributed by atoms with Gasteiger partial charge in [-0.1, -0.05) is 24.3 Å². The highest BCUT2D eigenvalue weighted by molar-refractivity contribution is 5.89. The van der Waals surface area contributed by atoms with Gasteiger partial charge >= 0.3 is 5.97 Å². The summed E-state index contributed by atoms with van der Waals surface area (Å²) >= 11 is 0. The number of hydrogen-bond acceptors (Lipinski definition) is 9. The van der Waals surface area contributed by atoms with Crippen LogP contribution in [0.5, 0.6) is 0 Å². The largest absolute Gasteiger partial charge is 0.471 e. The number of rotatable bonds is 7. The van der Waals surface area contributed by atoms with Crippen LogP contribution in [0.1, 0.15) is 23.7 Å². The standard InChI is InChI=1S/C27H34N2O9/c1-3-13-16(10-19-21-15(8-9-28-19)14-6-4-5-7-18(14)29-21)17(25(34)35-2)12-36-26(13)38-27-24(33)23(32)22(31)20(11-30)37-27/h3-7,12-13,16,19-20,22-24,26-33H,1,8-11H2,2H3/p+1/t13-,16+,19+,20-,22-,23+,24-,26+,27+/m1/s1. The molecule has 2 aromatic rings. The van der Waals surface area contributed by atoms with Crippen LogP contribution in [-0.2, 0) is 30.2 Å². The molecule has 1 fully saturated rings. The molecule has 0 bridgehead atoms. The van der Waals surface area contributed by atoms with Crippen molar-refractivity contribution in [2.24, 2.45) is 11.8 Å². The van der Waals surface area contributed by atoms with E-state index in [1.807, 2.05) is 12.1 Å². The Kier molecular flexibility index (Phi) is 7.87. The first-order chi connectivity index (χ1) is 18.4. The lowest BCUT2D eigenvalue weighted by molar-refractivity contribution is -0.701. The van der Waals surface area contributed by atoms with Gasteiger partial charge in [0, 0.05) is 35.6 Å². The fourth-order valence-electron chi connectivity index (χ4n) is 5.87. The maximum atomic E-state index is 12.8. The molecule has 206 valence electrons. The van der Waals surface area contributed by atoms with E-state index < -0.39 is 61.4 Å². The molecule has 0 aliphatic carbocycles. The summed E-state index contributed by atoms with van der Waals surface area (Å²) in [4.78, 5) is 16.3. The lowest BCUT2D eigenvalue weighted by Crippen LogP contribution is -2.87. The van der Waals surface area contributed by atoms with Gasteiger partial charge in [-0.05, 0) is 11.6 Å². The van der Waals surface area contributed by atoms with Gasteiger partial charge in [0.15, 0.2) is 6.29 Å². The topological polar surface area (TPSA) is 167 Å². The minimum absolute atomic E-state index is 0.0117. The van der Waals surface area contributed by atoms with Crippen LogP contribution >= 0.6 is 0 Å². The molecule has 0 amide bonds. The third-order valence-corrected chi connectivity index (χ3v) is 7.89. The fraction of sp³-hybridized carbons (Fsp3) is 0.519. The Morgan fingerprint density at radius 2 is 2.00 bits per heavy atom. The number of aromatic amines is 1. The van der Waals surface area contributed by atoms with Crippen molar-refractivity contribution < 1.29 is 49.5 Å². The molecule has 3 aliphatic rings. The van der Waals surface area contributed by atoms with E-state index in [1.165, 1.54) is 24.3 Å². The summed E-state index contributed by atoms with van der Waals surface area (Å²) in [6.07, 6.45) is -3.85. The number of nitrogens with two attached hydrogens (primary N) is 1. The van der Waals surface area contributed by atoms with Crippen LogP contribution in [-0.4, -0.2) is 88.6 Å². The number of carbonyl (C=O) groups is 1. The molecule has 7 N–H and O–H groups in total. The van der Waals surface area contributed by atoms with Gasteiger partial charge in [0.1, 0.15) is 30.5 Å². The van der Waals surface area contributed by atoms with Gasteiger partial charge in [-0.15, -0.1) is 6.58 Å². The fourth-order valence-corrected chi connectivity index (χ4v) is 5.87. The number of ether oxygens (including phenoxy) is 4. The zero-order valence-electron chi connectivity index (χ0n) is 21.1. The number of aromatic nitrogens is 1. The predicted molar refractivity (Wildman–Crippen MR) is 133 cm³/mol. The summed E-state index contributed by atoms with van der Waals surface area (Å²) in [6, 6.07) is 8.19. The van der Waals surface area contributed by atoms with Crippen molar-refractivity contribution in [2.75, 3.05) is 20.3 Å². The molecular formula is C27H35N2O9+. The number of quaternary nitrogens is 1. The summed E-state index contributed by atoms with van der Waals surface area (Å²) in [5.41, 5.74) is 3.79. The Bertz CT molecular complexity index is 1190. The van der Waals surface area contributed by atoms with E-state index in [9.17, 15) is 25.2 Å². The minimum Gasteiger partial charge on any atom is -0.471 e. The number of carbonyl (C=O) groups excluding carboxylic acids is 1. The Morgan fingerprint density at radius 1 is 1.21 bits per heavy atom. The van der Waals surface area contributed by atoms with E-state index in [0.717, 1.165) is 24.2 Å². The molecule has 11 nitrogen and oxygen atoms in total. The second kappa shape index (κ2) is 11.1. The van der Waals surface area contributed by atoms with E-state index >= 15 is 0 Å². The van der Waals surface area contributed by atoms with Crippen molar-refractivity contribution >= 4 is 16.9 Å². The van der Waals surface area contributed by atoms with Crippen LogP contribution in [0.4, 0.5) is 0 Å². The number of methoxy groups -OCH3 is 1. The maximum absolute atomic E-state index is 12.8. The zero-order valence-corrected chi connectivity index (χ0v) is 21.1. The molecule has 5 rings (SSSR count). The van der Waals surface area contributed by atoms with Crippen molar-refractivity contribution in [1.82, 2.24) is 4.98 Å². The van der Waals surface area contributed by atoms with E-state index in [0.29, 0.717) is 12.0 Å². The van der Waals surface area contributed by atoms with Crippen LogP contribution in [0, 0.1) is 11.8 Å². The van der Waals surface area contributed by atoms with Crippen molar-refractivity contribution in [2.45, 2.75) is 55.9 Å². The van der Waals surface area contributed by atoms with E-state index in [1.54, 1.807) is 6.08 Å². The quantitative estimate of drug-likeness (QED) is 0.201. The maximum Gasteiger partial charge on any atom is 0.337 e. The molecule has 1 saturated heterocycles. The third-order valence-electron chi connectivity index (χ3n) is 7.89. The lowest BCUT2D eigenvalue weighted by atomic mass is 9.78. The second-order valence-electron chi connectivity index (χ2n) is 10.0. The van der Waals surface area contributed by atoms with Crippen molar-refractivity contribution in [3.63, 3.8) is 0 Å². The number of esters is 1. The normalized spacial score (nSPS) is 35.2. The minimum atomic E-state index is -1.59. The predicted octanol–water partition coefficient (Wildman–Crippen LogP) is -0.633. The number of fused-ring (bicyclic) bond motifs is 3. The molecule has 1 aromatic carbocycles. The number of nitrogens with one attached hydrogen (secondary N) is 1. The third kappa shape index (κ3) is 4.75. The number of aliphatic hydroxyl groups is 4. The van der Waals surface area contributed by atoms with Crippen LogP contribution in [0.25, 0.3) is 10.9 Å². The lowest BCUT2D eigenvalue weighted by Gasteiger charge is -2.43. The summed E-state index contributed by atoms with van der Waals surface area (Å²) in [6.45, 7) is 4.27. The van der Waals surface area contributed by atoms with Gasteiger partial charge in [-0.2, -0.15) is 0 Å². The van der Waals surface area contributed by atoms with Gasteiger partial charge in [0.25, 0.3) is 0 Å². The van der Waals surface area contributed by atoms with Crippen molar-refractivity contribution in [1.29, 1.82) is 0 Å². The average Bonchev–Trinajstić information content (AvgIpc) is 3.33. The van der Waals surface area contributed by atoms with Crippen LogP contribution < -0.4 is 5.32 Å².